The van der Waals surface area contributed by atoms with Gasteiger partial charge in [-0.25, -0.2) is 9.37 Å². The highest BCUT2D eigenvalue weighted by Crippen LogP contribution is 2.21. The maximum Gasteiger partial charge on any atom is 0.222 e. The van der Waals surface area contributed by atoms with Crippen molar-refractivity contribution in [3.05, 3.63) is 53.9 Å². The number of nitrogens with one attached hydrogen (secondary N) is 1. The maximum absolute atomic E-state index is 13.1. The summed E-state index contributed by atoms with van der Waals surface area (Å²) < 4.78 is 14.9. The topological polar surface area (TPSA) is 72.9 Å². The fraction of sp³-hybridized carbons (Fsp3) is 0.333. The number of benzene rings is 1. The van der Waals surface area contributed by atoms with Gasteiger partial charge in [-0.2, -0.15) is 0 Å². The Labute approximate surface area is 147 Å². The number of hydrogen-bond acceptors (Lipinski definition) is 3. The van der Waals surface area contributed by atoms with E-state index >= 15 is 0 Å². The van der Waals surface area contributed by atoms with Crippen molar-refractivity contribution in [2.24, 2.45) is 12.8 Å². The summed E-state index contributed by atoms with van der Waals surface area (Å²) in [6.07, 6.45) is 3.68. The molecule has 8 heteroatoms. The first-order valence-corrected chi connectivity index (χ1v) is 6.75. The molecule has 1 amide bonds. The molecule has 23 heavy (non-hydrogen) atoms. The van der Waals surface area contributed by atoms with Crippen molar-refractivity contribution in [1.29, 1.82) is 0 Å². The van der Waals surface area contributed by atoms with E-state index in [-0.39, 0.29) is 49.0 Å². The van der Waals surface area contributed by atoms with Gasteiger partial charge in [-0.15, -0.1) is 24.8 Å². The maximum atomic E-state index is 13.1. The van der Waals surface area contributed by atoms with Gasteiger partial charge < -0.3 is 15.6 Å². The van der Waals surface area contributed by atoms with E-state index in [0.29, 0.717) is 5.82 Å². The largest absolute Gasteiger partial charge is 0.342 e. The number of aryl methyl sites for hydroxylation is 1. The van der Waals surface area contributed by atoms with Crippen LogP contribution in [-0.2, 0) is 11.8 Å². The van der Waals surface area contributed by atoms with Crippen molar-refractivity contribution in [2.75, 3.05) is 0 Å². The number of halogens is 3. The second-order valence-electron chi connectivity index (χ2n) is 5.13. The normalized spacial score (nSPS) is 12.5. The van der Waals surface area contributed by atoms with Crippen LogP contribution in [0.2, 0.25) is 0 Å². The zero-order valence-corrected chi connectivity index (χ0v) is 14.5. The van der Waals surface area contributed by atoms with Gasteiger partial charge in [0.2, 0.25) is 5.91 Å². The highest BCUT2D eigenvalue weighted by Gasteiger charge is 2.21. The second-order valence-corrected chi connectivity index (χ2v) is 5.13. The molecule has 0 saturated carbocycles. The van der Waals surface area contributed by atoms with Crippen LogP contribution in [0.3, 0.4) is 0 Å². The molecule has 2 aromatic rings. The average Bonchev–Trinajstić information content (AvgIpc) is 2.82. The predicted octanol–water partition coefficient (Wildman–Crippen LogP) is 2.35. The summed E-state index contributed by atoms with van der Waals surface area (Å²) in [6.45, 7) is 1.77. The SMILES string of the molecule is CC(N)CC(=O)NC(c1ccc(F)cc1)c1nccn1C.Cl.Cl. The molecular weight excluding hydrogens is 342 g/mol. The lowest BCUT2D eigenvalue weighted by Crippen LogP contribution is -2.34. The first-order chi connectivity index (χ1) is 9.97. The number of hydrogen-bond donors (Lipinski definition) is 2. The minimum atomic E-state index is -0.433. The molecule has 0 spiro atoms. The molecular formula is C15H21Cl2FN4O. The van der Waals surface area contributed by atoms with Crippen LogP contribution in [0.5, 0.6) is 0 Å². The van der Waals surface area contributed by atoms with E-state index in [1.165, 1.54) is 12.1 Å². The van der Waals surface area contributed by atoms with Gasteiger partial charge in [0.1, 0.15) is 17.7 Å². The quantitative estimate of drug-likeness (QED) is 0.857. The molecule has 0 bridgehead atoms. The Hall–Kier alpha value is -1.63. The van der Waals surface area contributed by atoms with Gasteiger partial charge in [-0.3, -0.25) is 4.79 Å². The molecule has 0 aliphatic heterocycles. The molecule has 2 unspecified atom stereocenters. The summed E-state index contributed by atoms with van der Waals surface area (Å²) in [6, 6.07) is 5.35. The van der Waals surface area contributed by atoms with Crippen LogP contribution in [0.4, 0.5) is 4.39 Å². The highest BCUT2D eigenvalue weighted by atomic mass is 35.5. The van der Waals surface area contributed by atoms with Gasteiger partial charge in [-0.1, -0.05) is 12.1 Å². The standard InChI is InChI=1S/C15H19FN4O.2ClH/c1-10(17)9-13(21)19-14(15-18-7-8-20(15)2)11-3-5-12(16)6-4-11;;/h3-8,10,14H,9,17H2,1-2H3,(H,19,21);2*1H. The lowest BCUT2D eigenvalue weighted by atomic mass is 10.1. The number of amides is 1. The summed E-state index contributed by atoms with van der Waals surface area (Å²) in [4.78, 5) is 16.3. The van der Waals surface area contributed by atoms with E-state index in [1.807, 2.05) is 11.6 Å². The summed E-state index contributed by atoms with van der Waals surface area (Å²) in [5.41, 5.74) is 6.41. The fourth-order valence-electron chi connectivity index (χ4n) is 2.12. The van der Waals surface area contributed by atoms with Gasteiger partial charge in [0, 0.05) is 31.9 Å². The predicted molar refractivity (Wildman–Crippen MR) is 92.4 cm³/mol. The van der Waals surface area contributed by atoms with Gasteiger partial charge in [-0.05, 0) is 24.6 Å². The number of nitrogens with two attached hydrogens (primary N) is 1. The summed E-state index contributed by atoms with van der Waals surface area (Å²) in [5.74, 6) is 0.196. The molecule has 128 valence electrons. The molecule has 5 nitrogen and oxygen atoms in total. The lowest BCUT2D eigenvalue weighted by molar-refractivity contribution is -0.121. The minimum Gasteiger partial charge on any atom is -0.342 e. The fourth-order valence-corrected chi connectivity index (χ4v) is 2.12. The van der Waals surface area contributed by atoms with Crippen molar-refractivity contribution in [1.82, 2.24) is 14.9 Å². The van der Waals surface area contributed by atoms with Gasteiger partial charge in [0.15, 0.2) is 0 Å². The van der Waals surface area contributed by atoms with Crippen LogP contribution in [0, 0.1) is 5.82 Å². The monoisotopic (exact) mass is 362 g/mol. The Morgan fingerprint density at radius 1 is 1.35 bits per heavy atom. The molecule has 3 N–H and O–H groups in total. The Morgan fingerprint density at radius 2 is 1.96 bits per heavy atom. The molecule has 0 fully saturated rings. The first-order valence-electron chi connectivity index (χ1n) is 6.75. The molecule has 0 aliphatic rings. The number of carbonyl (C=O) groups is 1. The summed E-state index contributed by atoms with van der Waals surface area (Å²) >= 11 is 0. The van der Waals surface area contributed by atoms with Crippen molar-refractivity contribution < 1.29 is 9.18 Å². The Kier molecular flexibility index (Phi) is 8.82. The van der Waals surface area contributed by atoms with E-state index in [4.69, 9.17) is 5.73 Å². The van der Waals surface area contributed by atoms with Crippen molar-refractivity contribution in [2.45, 2.75) is 25.4 Å². The third kappa shape index (κ3) is 5.82. The van der Waals surface area contributed by atoms with Crippen LogP contribution >= 0.6 is 24.8 Å². The van der Waals surface area contributed by atoms with E-state index in [0.717, 1.165) is 5.56 Å². The molecule has 2 atom stereocenters. The number of aromatic nitrogens is 2. The highest BCUT2D eigenvalue weighted by molar-refractivity contribution is 5.85. The van der Waals surface area contributed by atoms with E-state index < -0.39 is 6.04 Å². The van der Waals surface area contributed by atoms with Crippen molar-refractivity contribution in [3.8, 4) is 0 Å². The molecule has 0 saturated heterocycles. The van der Waals surface area contributed by atoms with Crippen LogP contribution in [0.15, 0.2) is 36.7 Å². The van der Waals surface area contributed by atoms with Gasteiger partial charge >= 0.3 is 0 Å². The minimum absolute atomic E-state index is 0. The first kappa shape index (κ1) is 21.4. The van der Waals surface area contributed by atoms with E-state index in [2.05, 4.69) is 10.3 Å². The molecule has 2 rings (SSSR count). The molecule has 1 heterocycles. The average molecular weight is 363 g/mol. The second kappa shape index (κ2) is 9.50. The summed E-state index contributed by atoms with van der Waals surface area (Å²) in [7, 11) is 1.84. The zero-order chi connectivity index (χ0) is 15.4. The molecule has 1 aromatic heterocycles. The Balaban J connectivity index is 0.00000242. The molecule has 0 aliphatic carbocycles. The van der Waals surface area contributed by atoms with Gasteiger partial charge in [0.25, 0.3) is 0 Å². The van der Waals surface area contributed by atoms with Crippen molar-refractivity contribution in [3.63, 3.8) is 0 Å². The Bertz CT molecular complexity index is 616. The summed E-state index contributed by atoms with van der Waals surface area (Å²) in [5, 5.41) is 2.90. The smallest absolute Gasteiger partial charge is 0.222 e. The third-order valence-electron chi connectivity index (χ3n) is 3.13. The molecule has 0 radical (unpaired) electrons. The lowest BCUT2D eigenvalue weighted by Gasteiger charge is -2.19. The third-order valence-corrected chi connectivity index (χ3v) is 3.13. The number of carbonyl (C=O) groups excluding carboxylic acids is 1. The number of nitrogens with zero attached hydrogens (tertiary/aromatic N) is 2. The Morgan fingerprint density at radius 3 is 2.43 bits per heavy atom. The molecule has 1 aromatic carbocycles. The number of rotatable bonds is 5. The van der Waals surface area contributed by atoms with Crippen LogP contribution in [0.1, 0.15) is 30.8 Å². The van der Waals surface area contributed by atoms with E-state index in [1.54, 1.807) is 31.5 Å². The number of imidazole rings is 1. The van der Waals surface area contributed by atoms with Gasteiger partial charge in [0.05, 0.1) is 0 Å². The zero-order valence-electron chi connectivity index (χ0n) is 12.9. The van der Waals surface area contributed by atoms with Crippen LogP contribution < -0.4 is 11.1 Å². The van der Waals surface area contributed by atoms with Crippen LogP contribution in [-0.4, -0.2) is 21.5 Å². The van der Waals surface area contributed by atoms with Crippen molar-refractivity contribution >= 4 is 30.7 Å². The van der Waals surface area contributed by atoms with E-state index in [9.17, 15) is 9.18 Å². The van der Waals surface area contributed by atoms with Crippen LogP contribution in [0.25, 0.3) is 0 Å².